The molecular formula is C22H24N4O4. The van der Waals surface area contributed by atoms with E-state index in [1.54, 1.807) is 48.5 Å². The number of anilines is 2. The van der Waals surface area contributed by atoms with Crippen LogP contribution >= 0.6 is 0 Å². The van der Waals surface area contributed by atoms with Gasteiger partial charge in [0.15, 0.2) is 6.61 Å². The van der Waals surface area contributed by atoms with Crippen molar-refractivity contribution in [3.8, 4) is 11.8 Å². The third-order valence-electron chi connectivity index (χ3n) is 4.50. The van der Waals surface area contributed by atoms with Crippen molar-refractivity contribution < 1.29 is 19.1 Å². The highest BCUT2D eigenvalue weighted by Crippen LogP contribution is 2.15. The molecule has 3 rings (SSSR count). The van der Waals surface area contributed by atoms with Crippen LogP contribution < -0.4 is 15.4 Å². The molecule has 0 bridgehead atoms. The summed E-state index contributed by atoms with van der Waals surface area (Å²) in [5.74, 6) is 0.188. The Morgan fingerprint density at radius 1 is 0.967 bits per heavy atom. The van der Waals surface area contributed by atoms with E-state index in [9.17, 15) is 9.59 Å². The molecule has 2 amide bonds. The van der Waals surface area contributed by atoms with Gasteiger partial charge in [0.1, 0.15) is 5.75 Å². The van der Waals surface area contributed by atoms with E-state index in [0.29, 0.717) is 43.3 Å². The van der Waals surface area contributed by atoms with Gasteiger partial charge in [-0.2, -0.15) is 5.26 Å². The van der Waals surface area contributed by atoms with Crippen molar-refractivity contribution in [2.45, 2.75) is 6.42 Å². The SMILES string of the molecule is N#CCc1ccc(OCC(=O)Nc2ccc(NC(=O)CN3CCOCC3)cc2)cc1. The Morgan fingerprint density at radius 3 is 2.17 bits per heavy atom. The third kappa shape index (κ3) is 6.88. The van der Waals surface area contributed by atoms with Crippen molar-refractivity contribution in [2.24, 2.45) is 0 Å². The van der Waals surface area contributed by atoms with Crippen molar-refractivity contribution >= 4 is 23.2 Å². The Hall–Kier alpha value is -3.41. The normalized spacial score (nSPS) is 13.8. The summed E-state index contributed by atoms with van der Waals surface area (Å²) in [6.45, 7) is 3.01. The summed E-state index contributed by atoms with van der Waals surface area (Å²) in [5.41, 5.74) is 2.17. The van der Waals surface area contributed by atoms with Crippen LogP contribution in [0.4, 0.5) is 11.4 Å². The van der Waals surface area contributed by atoms with Crippen molar-refractivity contribution in [3.63, 3.8) is 0 Å². The molecule has 0 saturated carbocycles. The first-order valence-corrected chi connectivity index (χ1v) is 9.71. The fraction of sp³-hybridized carbons (Fsp3) is 0.318. The largest absolute Gasteiger partial charge is 0.484 e. The lowest BCUT2D eigenvalue weighted by atomic mass is 10.2. The van der Waals surface area contributed by atoms with Crippen LogP contribution in [0, 0.1) is 11.3 Å². The predicted molar refractivity (Wildman–Crippen MR) is 112 cm³/mol. The van der Waals surface area contributed by atoms with Crippen LogP contribution in [0.2, 0.25) is 0 Å². The minimum atomic E-state index is -0.291. The standard InChI is InChI=1S/C22H24N4O4/c23-10-9-17-1-7-20(8-2-17)30-16-22(28)25-19-5-3-18(4-6-19)24-21(27)15-26-11-13-29-14-12-26/h1-8H,9,11-16H2,(H,24,27)(H,25,28). The quantitative estimate of drug-likeness (QED) is 0.693. The molecule has 30 heavy (non-hydrogen) atoms. The van der Waals surface area contributed by atoms with Gasteiger partial charge in [-0.3, -0.25) is 14.5 Å². The molecule has 0 aromatic heterocycles. The highest BCUT2D eigenvalue weighted by atomic mass is 16.5. The summed E-state index contributed by atoms with van der Waals surface area (Å²) in [5, 5.41) is 14.3. The number of benzene rings is 2. The molecule has 1 aliphatic rings. The number of amides is 2. The molecule has 2 N–H and O–H groups in total. The number of nitrogens with one attached hydrogen (secondary N) is 2. The second kappa shape index (κ2) is 11.0. The smallest absolute Gasteiger partial charge is 0.262 e. The average Bonchev–Trinajstić information content (AvgIpc) is 2.75. The summed E-state index contributed by atoms with van der Waals surface area (Å²) in [6.07, 6.45) is 0.338. The number of hydrogen-bond acceptors (Lipinski definition) is 6. The zero-order chi connectivity index (χ0) is 21.2. The van der Waals surface area contributed by atoms with E-state index in [1.807, 2.05) is 4.90 Å². The minimum absolute atomic E-state index is 0.0807. The van der Waals surface area contributed by atoms with Gasteiger partial charge in [-0.05, 0) is 42.0 Å². The molecule has 156 valence electrons. The fourth-order valence-electron chi connectivity index (χ4n) is 2.94. The van der Waals surface area contributed by atoms with Gasteiger partial charge in [-0.25, -0.2) is 0 Å². The average molecular weight is 408 g/mol. The van der Waals surface area contributed by atoms with Gasteiger partial charge in [-0.15, -0.1) is 0 Å². The van der Waals surface area contributed by atoms with Gasteiger partial charge in [-0.1, -0.05) is 12.1 Å². The van der Waals surface area contributed by atoms with E-state index >= 15 is 0 Å². The molecule has 1 heterocycles. The first-order valence-electron chi connectivity index (χ1n) is 9.71. The minimum Gasteiger partial charge on any atom is -0.484 e. The van der Waals surface area contributed by atoms with Gasteiger partial charge in [0.2, 0.25) is 5.91 Å². The predicted octanol–water partition coefficient (Wildman–Crippen LogP) is 2.04. The van der Waals surface area contributed by atoms with Crippen LogP contribution in [0.5, 0.6) is 5.75 Å². The lowest BCUT2D eigenvalue weighted by Gasteiger charge is -2.25. The van der Waals surface area contributed by atoms with Gasteiger partial charge in [0.25, 0.3) is 5.91 Å². The number of hydrogen-bond donors (Lipinski definition) is 2. The van der Waals surface area contributed by atoms with Crippen molar-refractivity contribution in [3.05, 3.63) is 54.1 Å². The number of nitrogens with zero attached hydrogens (tertiary/aromatic N) is 2. The summed E-state index contributed by atoms with van der Waals surface area (Å²) in [7, 11) is 0. The Kier molecular flexibility index (Phi) is 7.78. The Labute approximate surface area is 175 Å². The third-order valence-corrected chi connectivity index (χ3v) is 4.50. The molecular weight excluding hydrogens is 384 g/mol. The second-order valence-corrected chi connectivity index (χ2v) is 6.83. The van der Waals surface area contributed by atoms with Crippen LogP contribution in [0.15, 0.2) is 48.5 Å². The maximum atomic E-state index is 12.1. The summed E-state index contributed by atoms with van der Waals surface area (Å²) >= 11 is 0. The monoisotopic (exact) mass is 408 g/mol. The van der Waals surface area contributed by atoms with Crippen LogP contribution in [0.3, 0.4) is 0 Å². The second-order valence-electron chi connectivity index (χ2n) is 6.83. The maximum absolute atomic E-state index is 12.1. The van der Waals surface area contributed by atoms with Gasteiger partial charge >= 0.3 is 0 Å². The Morgan fingerprint density at radius 2 is 1.57 bits per heavy atom. The summed E-state index contributed by atoms with van der Waals surface area (Å²) < 4.78 is 10.7. The van der Waals surface area contributed by atoms with E-state index < -0.39 is 0 Å². The summed E-state index contributed by atoms with van der Waals surface area (Å²) in [6, 6.07) is 16.0. The molecule has 0 aliphatic carbocycles. The first-order chi connectivity index (χ1) is 14.6. The van der Waals surface area contributed by atoms with E-state index in [0.717, 1.165) is 18.7 Å². The first kappa shape index (κ1) is 21.3. The Bertz CT molecular complexity index is 885. The lowest BCUT2D eigenvalue weighted by Crippen LogP contribution is -2.41. The van der Waals surface area contributed by atoms with E-state index in [4.69, 9.17) is 14.7 Å². The molecule has 0 atom stereocenters. The number of carbonyl (C=O) groups is 2. The number of ether oxygens (including phenoxy) is 2. The molecule has 8 heteroatoms. The summed E-state index contributed by atoms with van der Waals surface area (Å²) in [4.78, 5) is 26.2. The molecule has 1 fully saturated rings. The molecule has 1 saturated heterocycles. The van der Waals surface area contributed by atoms with Crippen LogP contribution in [0.1, 0.15) is 5.56 Å². The molecule has 2 aromatic carbocycles. The zero-order valence-electron chi connectivity index (χ0n) is 16.6. The maximum Gasteiger partial charge on any atom is 0.262 e. The highest BCUT2D eigenvalue weighted by molar-refractivity contribution is 5.94. The lowest BCUT2D eigenvalue weighted by molar-refractivity contribution is -0.119. The molecule has 2 aromatic rings. The van der Waals surface area contributed by atoms with Gasteiger partial charge < -0.3 is 20.1 Å². The van der Waals surface area contributed by atoms with Gasteiger partial charge in [0, 0.05) is 24.5 Å². The topological polar surface area (TPSA) is 104 Å². The van der Waals surface area contributed by atoms with Gasteiger partial charge in [0.05, 0.1) is 32.2 Å². The van der Waals surface area contributed by atoms with E-state index in [-0.39, 0.29) is 18.4 Å². The fourth-order valence-corrected chi connectivity index (χ4v) is 2.94. The number of rotatable bonds is 8. The molecule has 1 aliphatic heterocycles. The molecule has 0 radical (unpaired) electrons. The highest BCUT2D eigenvalue weighted by Gasteiger charge is 2.14. The van der Waals surface area contributed by atoms with E-state index in [2.05, 4.69) is 16.7 Å². The van der Waals surface area contributed by atoms with Crippen LogP contribution in [0.25, 0.3) is 0 Å². The van der Waals surface area contributed by atoms with E-state index in [1.165, 1.54) is 0 Å². The number of carbonyl (C=O) groups excluding carboxylic acids is 2. The van der Waals surface area contributed by atoms with Crippen molar-refractivity contribution in [1.82, 2.24) is 4.90 Å². The van der Waals surface area contributed by atoms with Crippen LogP contribution in [-0.2, 0) is 20.7 Å². The zero-order valence-corrected chi connectivity index (χ0v) is 16.6. The van der Waals surface area contributed by atoms with Crippen molar-refractivity contribution in [1.29, 1.82) is 5.26 Å². The van der Waals surface area contributed by atoms with Crippen molar-refractivity contribution in [2.75, 3.05) is 50.1 Å². The number of morpholine rings is 1. The molecule has 0 unspecified atom stereocenters. The molecule has 0 spiro atoms. The Balaban J connectivity index is 1.41. The van der Waals surface area contributed by atoms with Crippen LogP contribution in [-0.4, -0.2) is 56.2 Å². The number of nitriles is 1. The molecule has 8 nitrogen and oxygen atoms in total.